The van der Waals surface area contributed by atoms with Gasteiger partial charge in [-0.05, 0) is 43.7 Å². The summed E-state index contributed by atoms with van der Waals surface area (Å²) in [5.41, 5.74) is 1.00. The first kappa shape index (κ1) is 18.1. The van der Waals surface area contributed by atoms with Gasteiger partial charge in [0.05, 0.1) is 5.92 Å². The average Bonchev–Trinajstić information content (AvgIpc) is 2.44. The molecule has 0 saturated carbocycles. The van der Waals surface area contributed by atoms with Crippen LogP contribution in [0.2, 0.25) is 5.02 Å². The van der Waals surface area contributed by atoms with Crippen LogP contribution in [0.3, 0.4) is 0 Å². The second kappa shape index (κ2) is 8.47. The third-order valence-corrected chi connectivity index (χ3v) is 3.67. The Kier molecular flexibility index (Phi) is 7.29. The number of rotatable bonds is 5. The van der Waals surface area contributed by atoms with Crippen LogP contribution < -0.4 is 15.4 Å². The molecule has 0 spiro atoms. The molecule has 1 heterocycles. The summed E-state index contributed by atoms with van der Waals surface area (Å²) in [5.74, 6) is 0.731. The Labute approximate surface area is 137 Å². The van der Waals surface area contributed by atoms with E-state index in [1.807, 2.05) is 19.1 Å². The number of carbonyl (C=O) groups is 1. The Balaban J connectivity index is 0.00000220. The quantitative estimate of drug-likeness (QED) is 0.870. The predicted molar refractivity (Wildman–Crippen MR) is 87.5 cm³/mol. The summed E-state index contributed by atoms with van der Waals surface area (Å²) < 4.78 is 5.63. The van der Waals surface area contributed by atoms with E-state index in [4.69, 9.17) is 16.3 Å². The van der Waals surface area contributed by atoms with Crippen LogP contribution in [-0.4, -0.2) is 31.6 Å². The van der Waals surface area contributed by atoms with Crippen molar-refractivity contribution in [1.82, 2.24) is 10.6 Å². The molecule has 1 aromatic carbocycles. The van der Waals surface area contributed by atoms with Crippen LogP contribution in [0.1, 0.15) is 19.4 Å². The maximum atomic E-state index is 12.1. The molecule has 0 fully saturated rings. The second-order valence-electron chi connectivity index (χ2n) is 5.17. The summed E-state index contributed by atoms with van der Waals surface area (Å²) in [4.78, 5) is 12.1. The van der Waals surface area contributed by atoms with Crippen LogP contribution in [0.4, 0.5) is 0 Å². The van der Waals surface area contributed by atoms with Gasteiger partial charge in [-0.25, -0.2) is 0 Å². The first-order valence-corrected chi connectivity index (χ1v) is 7.40. The highest BCUT2D eigenvalue weighted by molar-refractivity contribution is 6.30. The molecule has 118 valence electrons. The molecular formula is C15H22Cl2N2O2. The van der Waals surface area contributed by atoms with Gasteiger partial charge in [-0.2, -0.15) is 0 Å². The number of fused-ring (bicyclic) bond motifs is 1. The molecule has 0 saturated heterocycles. The molecule has 1 unspecified atom stereocenters. The van der Waals surface area contributed by atoms with Crippen LogP contribution in [0.25, 0.3) is 0 Å². The van der Waals surface area contributed by atoms with Gasteiger partial charge in [0.1, 0.15) is 12.4 Å². The Morgan fingerprint density at radius 3 is 3.00 bits per heavy atom. The Bertz CT molecular complexity index is 483. The molecule has 4 nitrogen and oxygen atoms in total. The molecular weight excluding hydrogens is 311 g/mol. The van der Waals surface area contributed by atoms with Gasteiger partial charge in [-0.3, -0.25) is 4.79 Å². The molecule has 0 aromatic heterocycles. The maximum absolute atomic E-state index is 12.1. The van der Waals surface area contributed by atoms with Crippen molar-refractivity contribution in [3.05, 3.63) is 28.8 Å². The first-order chi connectivity index (χ1) is 9.60. The lowest BCUT2D eigenvalue weighted by Crippen LogP contribution is -2.43. The van der Waals surface area contributed by atoms with Gasteiger partial charge >= 0.3 is 0 Å². The van der Waals surface area contributed by atoms with E-state index >= 15 is 0 Å². The fourth-order valence-corrected chi connectivity index (χ4v) is 2.54. The summed E-state index contributed by atoms with van der Waals surface area (Å²) in [7, 11) is 0. The summed E-state index contributed by atoms with van der Waals surface area (Å²) in [6, 6.07) is 5.81. The zero-order chi connectivity index (χ0) is 14.5. The van der Waals surface area contributed by atoms with Crippen molar-refractivity contribution in [1.29, 1.82) is 0 Å². The van der Waals surface area contributed by atoms with E-state index in [9.17, 15) is 4.79 Å². The van der Waals surface area contributed by atoms with Crippen molar-refractivity contribution in [2.45, 2.75) is 26.3 Å². The van der Waals surface area contributed by atoms with Gasteiger partial charge in [-0.15, -0.1) is 12.4 Å². The van der Waals surface area contributed by atoms with E-state index in [0.29, 0.717) is 24.6 Å². The second-order valence-corrected chi connectivity index (χ2v) is 5.60. The lowest BCUT2D eigenvalue weighted by atomic mass is 9.96. The predicted octanol–water partition coefficient (Wildman–Crippen LogP) is 2.43. The zero-order valence-corrected chi connectivity index (χ0v) is 13.9. The van der Waals surface area contributed by atoms with E-state index in [2.05, 4.69) is 17.6 Å². The summed E-state index contributed by atoms with van der Waals surface area (Å²) in [6.07, 6.45) is 0.678. The molecule has 0 aliphatic carbocycles. The van der Waals surface area contributed by atoms with Crippen molar-refractivity contribution in [3.63, 3.8) is 0 Å². The lowest BCUT2D eigenvalue weighted by Gasteiger charge is -2.25. The van der Waals surface area contributed by atoms with Crippen LogP contribution in [0.5, 0.6) is 5.75 Å². The largest absolute Gasteiger partial charge is 0.492 e. The van der Waals surface area contributed by atoms with Gasteiger partial charge in [0, 0.05) is 17.6 Å². The number of benzene rings is 1. The highest BCUT2D eigenvalue weighted by Gasteiger charge is 2.26. The van der Waals surface area contributed by atoms with E-state index in [0.717, 1.165) is 17.9 Å². The fraction of sp³-hybridized carbons (Fsp3) is 0.533. The Morgan fingerprint density at radius 2 is 2.29 bits per heavy atom. The standard InChI is InChI=1S/C15H21ClN2O2.ClH/c1-3-17-10(2)8-18-15(19)12-6-11-7-13(16)4-5-14(11)20-9-12;/h4-5,7,10,12,17H,3,6,8-9H2,1-2H3,(H,18,19);1H/t10-,12?;/m1./s1. The number of halogens is 2. The highest BCUT2D eigenvalue weighted by Crippen LogP contribution is 2.29. The molecule has 1 amide bonds. The van der Waals surface area contributed by atoms with Crippen LogP contribution in [-0.2, 0) is 11.2 Å². The molecule has 1 aliphatic heterocycles. The van der Waals surface area contributed by atoms with Crippen molar-refractivity contribution >= 4 is 29.9 Å². The number of amides is 1. The van der Waals surface area contributed by atoms with Crippen molar-refractivity contribution in [2.75, 3.05) is 19.7 Å². The molecule has 0 radical (unpaired) electrons. The Morgan fingerprint density at radius 1 is 1.52 bits per heavy atom. The number of ether oxygens (including phenoxy) is 1. The van der Waals surface area contributed by atoms with Crippen molar-refractivity contribution in [2.24, 2.45) is 5.92 Å². The molecule has 21 heavy (non-hydrogen) atoms. The lowest BCUT2D eigenvalue weighted by molar-refractivity contribution is -0.126. The number of carbonyl (C=O) groups excluding carboxylic acids is 1. The normalized spacial score (nSPS) is 18.0. The molecule has 1 aromatic rings. The van der Waals surface area contributed by atoms with Gasteiger partial charge in [0.2, 0.25) is 5.91 Å². The molecule has 0 bridgehead atoms. The third-order valence-electron chi connectivity index (χ3n) is 3.43. The molecule has 2 rings (SSSR count). The van der Waals surface area contributed by atoms with Crippen molar-refractivity contribution < 1.29 is 9.53 Å². The first-order valence-electron chi connectivity index (χ1n) is 7.02. The van der Waals surface area contributed by atoms with Gasteiger partial charge in [0.15, 0.2) is 0 Å². The monoisotopic (exact) mass is 332 g/mol. The van der Waals surface area contributed by atoms with Gasteiger partial charge in [0.25, 0.3) is 0 Å². The van der Waals surface area contributed by atoms with Crippen LogP contribution in [0, 0.1) is 5.92 Å². The highest BCUT2D eigenvalue weighted by atomic mass is 35.5. The minimum Gasteiger partial charge on any atom is -0.492 e. The number of hydrogen-bond donors (Lipinski definition) is 2. The summed E-state index contributed by atoms with van der Waals surface area (Å²) >= 11 is 5.98. The van der Waals surface area contributed by atoms with Gasteiger partial charge < -0.3 is 15.4 Å². The third kappa shape index (κ3) is 5.06. The molecule has 1 aliphatic rings. The fourth-order valence-electron chi connectivity index (χ4n) is 2.35. The van der Waals surface area contributed by atoms with Crippen LogP contribution >= 0.6 is 24.0 Å². The zero-order valence-electron chi connectivity index (χ0n) is 12.3. The van der Waals surface area contributed by atoms with Gasteiger partial charge in [-0.1, -0.05) is 18.5 Å². The number of likely N-dealkylation sites (N-methyl/N-ethyl adjacent to an activating group) is 1. The van der Waals surface area contributed by atoms with E-state index in [1.165, 1.54) is 0 Å². The number of hydrogen-bond acceptors (Lipinski definition) is 3. The molecule has 6 heteroatoms. The van der Waals surface area contributed by atoms with E-state index < -0.39 is 0 Å². The summed E-state index contributed by atoms with van der Waals surface area (Å²) in [5, 5.41) is 6.91. The van der Waals surface area contributed by atoms with E-state index in [1.54, 1.807) is 6.07 Å². The SMILES string of the molecule is CCN[C@H](C)CNC(=O)C1COc2ccc(Cl)cc2C1.Cl. The van der Waals surface area contributed by atoms with Crippen molar-refractivity contribution in [3.8, 4) is 5.75 Å². The average molecular weight is 333 g/mol. The maximum Gasteiger partial charge on any atom is 0.226 e. The Hall–Kier alpha value is -0.970. The minimum absolute atomic E-state index is 0. The topological polar surface area (TPSA) is 50.4 Å². The van der Waals surface area contributed by atoms with Crippen LogP contribution in [0.15, 0.2) is 18.2 Å². The minimum atomic E-state index is -0.144. The number of nitrogens with one attached hydrogen (secondary N) is 2. The summed E-state index contributed by atoms with van der Waals surface area (Å²) in [6.45, 7) is 6.06. The molecule has 2 atom stereocenters. The smallest absolute Gasteiger partial charge is 0.226 e. The van der Waals surface area contributed by atoms with E-state index in [-0.39, 0.29) is 30.3 Å². The molecule has 2 N–H and O–H groups in total.